The first-order valence-corrected chi connectivity index (χ1v) is 7.34. The fraction of sp³-hybridized carbons (Fsp3) is 0. The maximum atomic E-state index is 11.2. The van der Waals surface area contributed by atoms with Gasteiger partial charge in [-0.2, -0.15) is 5.26 Å². The summed E-state index contributed by atoms with van der Waals surface area (Å²) < 4.78 is 0. The van der Waals surface area contributed by atoms with Crippen molar-refractivity contribution in [3.8, 4) is 34.2 Å². The molecule has 0 aliphatic rings. The van der Waals surface area contributed by atoms with Gasteiger partial charge in [0.15, 0.2) is 0 Å². The molecular weight excluding hydrogens is 341 g/mol. The molecule has 7 heteroatoms. The molecule has 0 aliphatic heterocycles. The molecule has 0 bridgehead atoms. The monoisotopic (exact) mass is 355 g/mol. The first-order valence-electron chi connectivity index (χ1n) is 7.34. The quantitative estimate of drug-likeness (QED) is 0.621. The van der Waals surface area contributed by atoms with Gasteiger partial charge in [0.1, 0.15) is 23.2 Å². The third-order valence-electron chi connectivity index (χ3n) is 3.76. The number of hydrogen-bond donors (Lipinski definition) is 3. The number of carboxylic acids is 1. The summed E-state index contributed by atoms with van der Waals surface area (Å²) in [4.78, 5) is 15.4. The van der Waals surface area contributed by atoms with Gasteiger partial charge in [0.05, 0.1) is 11.3 Å². The normalized spacial score (nSPS) is 9.81. The van der Waals surface area contributed by atoms with E-state index in [1.54, 1.807) is 36.4 Å². The second-order valence-electron chi connectivity index (χ2n) is 5.33. The summed E-state index contributed by atoms with van der Waals surface area (Å²) in [5, 5.41) is 28.6. The molecule has 1 aromatic heterocycles. The van der Waals surface area contributed by atoms with Gasteiger partial charge in [0.25, 0.3) is 0 Å². The average Bonchev–Trinajstić information content (AvgIpc) is 2.61. The number of pyridine rings is 1. The van der Waals surface area contributed by atoms with Crippen molar-refractivity contribution in [1.29, 1.82) is 5.26 Å². The van der Waals surface area contributed by atoms with Gasteiger partial charge in [-0.15, -0.1) is 0 Å². The number of aromatic hydroxyl groups is 1. The predicted molar refractivity (Wildman–Crippen MR) is 100 cm³/mol. The van der Waals surface area contributed by atoms with Crippen molar-refractivity contribution >= 4 is 41.3 Å². The molecule has 26 heavy (non-hydrogen) atoms. The Labute approximate surface area is 171 Å². The van der Waals surface area contributed by atoms with E-state index >= 15 is 0 Å². The summed E-state index contributed by atoms with van der Waals surface area (Å²) in [6.45, 7) is 0. The van der Waals surface area contributed by atoms with E-state index in [9.17, 15) is 20.3 Å². The van der Waals surface area contributed by atoms with E-state index in [0.29, 0.717) is 22.4 Å². The average molecular weight is 355 g/mol. The van der Waals surface area contributed by atoms with Crippen LogP contribution in [0.1, 0.15) is 15.9 Å². The molecular formula is C19H14N3NaO3. The van der Waals surface area contributed by atoms with E-state index in [2.05, 4.69) is 4.98 Å². The van der Waals surface area contributed by atoms with Crippen molar-refractivity contribution in [2.45, 2.75) is 0 Å². The van der Waals surface area contributed by atoms with Crippen LogP contribution in [0.15, 0.2) is 54.6 Å². The zero-order chi connectivity index (χ0) is 18.0. The van der Waals surface area contributed by atoms with Gasteiger partial charge >= 0.3 is 35.5 Å². The molecule has 0 saturated heterocycles. The number of rotatable bonds is 3. The first kappa shape index (κ1) is 19.5. The number of phenolic OH excluding ortho intramolecular Hbond substituents is 1. The SMILES string of the molecule is N#Cc1c(-c2cccc(C(=O)O)c2)cc(-c2ccccc2O)nc1N.[NaH]. The summed E-state index contributed by atoms with van der Waals surface area (Å²) in [6.07, 6.45) is 0. The number of nitrogens with zero attached hydrogens (tertiary/aromatic N) is 2. The van der Waals surface area contributed by atoms with Crippen molar-refractivity contribution in [3.63, 3.8) is 0 Å². The van der Waals surface area contributed by atoms with Gasteiger partial charge in [0, 0.05) is 11.1 Å². The second kappa shape index (κ2) is 8.02. The van der Waals surface area contributed by atoms with Crippen molar-refractivity contribution in [2.24, 2.45) is 0 Å². The van der Waals surface area contributed by atoms with Gasteiger partial charge in [-0.05, 0) is 35.9 Å². The van der Waals surface area contributed by atoms with Crippen molar-refractivity contribution in [3.05, 3.63) is 65.7 Å². The van der Waals surface area contributed by atoms with E-state index in [4.69, 9.17) is 5.73 Å². The van der Waals surface area contributed by atoms with Crippen LogP contribution >= 0.6 is 0 Å². The molecule has 124 valence electrons. The fourth-order valence-corrected chi connectivity index (χ4v) is 2.56. The Bertz CT molecular complexity index is 1030. The molecule has 0 atom stereocenters. The molecule has 6 nitrogen and oxygen atoms in total. The van der Waals surface area contributed by atoms with Crippen LogP contribution in [-0.2, 0) is 0 Å². The van der Waals surface area contributed by atoms with E-state index in [-0.39, 0.29) is 52.3 Å². The maximum absolute atomic E-state index is 11.2. The molecule has 0 fully saturated rings. The van der Waals surface area contributed by atoms with Crippen molar-refractivity contribution in [1.82, 2.24) is 4.98 Å². The molecule has 1 heterocycles. The molecule has 3 aromatic rings. The molecule has 0 unspecified atom stereocenters. The molecule has 0 spiro atoms. The second-order valence-corrected chi connectivity index (χ2v) is 5.33. The minimum atomic E-state index is -1.07. The van der Waals surface area contributed by atoms with Crippen LogP contribution in [0.25, 0.3) is 22.4 Å². The number of aromatic nitrogens is 1. The summed E-state index contributed by atoms with van der Waals surface area (Å²) >= 11 is 0. The number of phenols is 1. The number of para-hydroxylation sites is 1. The zero-order valence-electron chi connectivity index (χ0n) is 13.0. The summed E-state index contributed by atoms with van der Waals surface area (Å²) in [5.74, 6) is -1.02. The Hall–Kier alpha value is -2.85. The van der Waals surface area contributed by atoms with Crippen molar-refractivity contribution < 1.29 is 15.0 Å². The summed E-state index contributed by atoms with van der Waals surface area (Å²) in [7, 11) is 0. The van der Waals surface area contributed by atoms with Crippen LogP contribution < -0.4 is 5.73 Å². The number of carboxylic acid groups (broad SMARTS) is 1. The molecule has 0 amide bonds. The fourth-order valence-electron chi connectivity index (χ4n) is 2.56. The van der Waals surface area contributed by atoms with Crippen LogP contribution in [0.3, 0.4) is 0 Å². The number of anilines is 1. The zero-order valence-corrected chi connectivity index (χ0v) is 13.0. The number of nitrogens with two attached hydrogens (primary N) is 1. The number of benzene rings is 2. The molecule has 4 N–H and O–H groups in total. The Morgan fingerprint density at radius 3 is 2.46 bits per heavy atom. The predicted octanol–water partition coefficient (Wildman–Crippen LogP) is 2.62. The van der Waals surface area contributed by atoms with Gasteiger partial charge in [0.2, 0.25) is 0 Å². The number of nitriles is 1. The Kier molecular flexibility index (Phi) is 6.01. The van der Waals surface area contributed by atoms with Gasteiger partial charge < -0.3 is 15.9 Å². The van der Waals surface area contributed by atoms with Crippen LogP contribution in [0.2, 0.25) is 0 Å². The summed E-state index contributed by atoms with van der Waals surface area (Å²) in [5.41, 5.74) is 8.02. The molecule has 0 radical (unpaired) electrons. The third-order valence-corrected chi connectivity index (χ3v) is 3.76. The van der Waals surface area contributed by atoms with Crippen LogP contribution in [-0.4, -0.2) is 50.7 Å². The third kappa shape index (κ3) is 3.70. The molecule has 2 aromatic carbocycles. The number of carbonyl (C=O) groups is 1. The van der Waals surface area contributed by atoms with E-state index < -0.39 is 5.97 Å². The number of hydrogen-bond acceptors (Lipinski definition) is 5. The van der Waals surface area contributed by atoms with Gasteiger partial charge in [-0.3, -0.25) is 0 Å². The van der Waals surface area contributed by atoms with Crippen molar-refractivity contribution in [2.75, 3.05) is 5.73 Å². The Morgan fingerprint density at radius 1 is 1.08 bits per heavy atom. The number of nitrogen functional groups attached to an aromatic ring is 1. The molecule has 0 aliphatic carbocycles. The van der Waals surface area contributed by atoms with Crippen LogP contribution in [0.5, 0.6) is 5.75 Å². The van der Waals surface area contributed by atoms with Crippen LogP contribution in [0, 0.1) is 11.3 Å². The van der Waals surface area contributed by atoms with Gasteiger partial charge in [-0.25, -0.2) is 9.78 Å². The molecule has 3 rings (SSSR count). The minimum absolute atomic E-state index is 0. The van der Waals surface area contributed by atoms with Gasteiger partial charge in [-0.1, -0.05) is 24.3 Å². The first-order chi connectivity index (χ1) is 12.0. The standard InChI is InChI=1S/C19H13N3O3.Na.H/c20-10-15-14(11-4-3-5-12(8-11)19(24)25)9-16(22-18(15)21)13-6-1-2-7-17(13)23;;/h1-9,23H,(H2,21,22)(H,24,25);;. The Balaban J connectivity index is 0.00000243. The van der Waals surface area contributed by atoms with Crippen LogP contribution in [0.4, 0.5) is 5.82 Å². The van der Waals surface area contributed by atoms with E-state index in [1.807, 2.05) is 6.07 Å². The number of aromatic carboxylic acids is 1. The summed E-state index contributed by atoms with van der Waals surface area (Å²) in [6, 6.07) is 16.5. The van der Waals surface area contributed by atoms with E-state index in [0.717, 1.165) is 0 Å². The molecule has 0 saturated carbocycles. The topological polar surface area (TPSA) is 120 Å². The Morgan fingerprint density at radius 2 is 1.81 bits per heavy atom. The van der Waals surface area contributed by atoms with E-state index in [1.165, 1.54) is 18.2 Å².